The summed E-state index contributed by atoms with van der Waals surface area (Å²) in [5.74, 6) is -1.61. The van der Waals surface area contributed by atoms with Crippen molar-refractivity contribution < 1.29 is 14.3 Å². The van der Waals surface area contributed by atoms with Crippen molar-refractivity contribution in [1.82, 2.24) is 9.88 Å². The number of aromatic nitrogens is 1. The number of nitrogens with zero attached hydrogens (tertiary/aromatic N) is 2. The SMILES string of the molecule is CN(CCc1ccccn1)Cc1ccc(C(=O)O)cc1F. The molecule has 0 aliphatic heterocycles. The van der Waals surface area contributed by atoms with Crippen molar-refractivity contribution in [1.29, 1.82) is 0 Å². The Morgan fingerprint density at radius 3 is 2.76 bits per heavy atom. The van der Waals surface area contributed by atoms with Crippen LogP contribution < -0.4 is 0 Å². The third kappa shape index (κ3) is 4.36. The van der Waals surface area contributed by atoms with Gasteiger partial charge in [0.05, 0.1) is 5.56 Å². The number of carbonyl (C=O) groups is 1. The van der Waals surface area contributed by atoms with Crippen molar-refractivity contribution in [3.63, 3.8) is 0 Å². The molecule has 1 heterocycles. The Morgan fingerprint density at radius 1 is 1.33 bits per heavy atom. The molecule has 0 atom stereocenters. The van der Waals surface area contributed by atoms with Crippen molar-refractivity contribution in [3.05, 3.63) is 65.2 Å². The Balaban J connectivity index is 1.93. The van der Waals surface area contributed by atoms with Crippen molar-refractivity contribution in [2.24, 2.45) is 0 Å². The third-order valence-electron chi connectivity index (χ3n) is 3.22. The lowest BCUT2D eigenvalue weighted by Gasteiger charge is -2.17. The van der Waals surface area contributed by atoms with E-state index in [1.165, 1.54) is 12.1 Å². The topological polar surface area (TPSA) is 53.4 Å². The molecule has 1 aromatic carbocycles. The van der Waals surface area contributed by atoms with Crippen LogP contribution in [0.5, 0.6) is 0 Å². The largest absolute Gasteiger partial charge is 0.478 e. The molecule has 4 nitrogen and oxygen atoms in total. The summed E-state index contributed by atoms with van der Waals surface area (Å²) in [5, 5.41) is 8.81. The van der Waals surface area contributed by atoms with Gasteiger partial charge in [0.2, 0.25) is 0 Å². The maximum absolute atomic E-state index is 13.8. The maximum Gasteiger partial charge on any atom is 0.335 e. The van der Waals surface area contributed by atoms with Crippen molar-refractivity contribution in [2.75, 3.05) is 13.6 Å². The molecule has 0 aliphatic carbocycles. The molecule has 2 rings (SSSR count). The molecule has 21 heavy (non-hydrogen) atoms. The zero-order valence-electron chi connectivity index (χ0n) is 11.8. The van der Waals surface area contributed by atoms with Crippen LogP contribution in [0, 0.1) is 5.82 Å². The summed E-state index contributed by atoms with van der Waals surface area (Å²) in [6.07, 6.45) is 2.53. The Kier molecular flexibility index (Phi) is 5.00. The van der Waals surface area contributed by atoms with E-state index in [9.17, 15) is 9.18 Å². The van der Waals surface area contributed by atoms with E-state index in [0.717, 1.165) is 24.7 Å². The Labute approximate surface area is 122 Å². The smallest absolute Gasteiger partial charge is 0.335 e. The van der Waals surface area contributed by atoms with Gasteiger partial charge >= 0.3 is 5.97 Å². The lowest BCUT2D eigenvalue weighted by Crippen LogP contribution is -2.21. The lowest BCUT2D eigenvalue weighted by molar-refractivity contribution is 0.0696. The van der Waals surface area contributed by atoms with Crippen LogP contribution in [0.1, 0.15) is 21.6 Å². The van der Waals surface area contributed by atoms with Gasteiger partial charge in [-0.3, -0.25) is 4.98 Å². The molecule has 0 saturated carbocycles. The number of hydrogen-bond donors (Lipinski definition) is 1. The van der Waals surface area contributed by atoms with E-state index in [1.54, 1.807) is 6.20 Å². The Morgan fingerprint density at radius 2 is 2.14 bits per heavy atom. The van der Waals surface area contributed by atoms with Crippen LogP contribution in [0.2, 0.25) is 0 Å². The highest BCUT2D eigenvalue weighted by molar-refractivity contribution is 5.87. The summed E-state index contributed by atoms with van der Waals surface area (Å²) in [7, 11) is 1.90. The summed E-state index contributed by atoms with van der Waals surface area (Å²) in [6, 6.07) is 9.77. The van der Waals surface area contributed by atoms with Crippen LogP contribution in [0.25, 0.3) is 0 Å². The molecule has 0 fully saturated rings. The van der Waals surface area contributed by atoms with Crippen LogP contribution in [-0.4, -0.2) is 34.6 Å². The summed E-state index contributed by atoms with van der Waals surface area (Å²) in [4.78, 5) is 17.0. The number of carboxylic acids is 1. The van der Waals surface area contributed by atoms with E-state index in [-0.39, 0.29) is 5.56 Å². The molecule has 0 saturated heterocycles. The molecule has 0 unspecified atom stereocenters. The fourth-order valence-electron chi connectivity index (χ4n) is 2.03. The quantitative estimate of drug-likeness (QED) is 0.887. The fourth-order valence-corrected chi connectivity index (χ4v) is 2.03. The normalized spacial score (nSPS) is 10.8. The van der Waals surface area contributed by atoms with Gasteiger partial charge in [-0.2, -0.15) is 0 Å². The van der Waals surface area contributed by atoms with E-state index in [0.29, 0.717) is 12.1 Å². The van der Waals surface area contributed by atoms with Gasteiger partial charge in [0.15, 0.2) is 0 Å². The number of hydrogen-bond acceptors (Lipinski definition) is 3. The summed E-state index contributed by atoms with van der Waals surface area (Å²) in [5.41, 5.74) is 1.45. The summed E-state index contributed by atoms with van der Waals surface area (Å²) >= 11 is 0. The predicted molar refractivity (Wildman–Crippen MR) is 77.6 cm³/mol. The van der Waals surface area contributed by atoms with E-state index in [4.69, 9.17) is 5.11 Å². The summed E-state index contributed by atoms with van der Waals surface area (Å²) < 4.78 is 13.8. The Hall–Kier alpha value is -2.27. The van der Waals surface area contributed by atoms with Crippen molar-refractivity contribution >= 4 is 5.97 Å². The molecule has 1 aromatic heterocycles. The molecule has 5 heteroatoms. The average Bonchev–Trinajstić information content (AvgIpc) is 2.48. The molecule has 0 amide bonds. The van der Waals surface area contributed by atoms with Gasteiger partial charge in [0, 0.05) is 37.0 Å². The second-order valence-electron chi connectivity index (χ2n) is 4.92. The van der Waals surface area contributed by atoms with Gasteiger partial charge in [-0.15, -0.1) is 0 Å². The molecular formula is C16H17FN2O2. The van der Waals surface area contributed by atoms with Gasteiger partial charge in [0.25, 0.3) is 0 Å². The van der Waals surface area contributed by atoms with Crippen molar-refractivity contribution in [3.8, 4) is 0 Å². The number of halogens is 1. The third-order valence-corrected chi connectivity index (χ3v) is 3.22. The standard InChI is InChI=1S/C16H17FN2O2/c1-19(9-7-14-4-2-3-8-18-14)11-13-6-5-12(16(20)21)10-15(13)17/h2-6,8,10H,7,9,11H2,1H3,(H,20,21). The highest BCUT2D eigenvalue weighted by Gasteiger charge is 2.10. The molecule has 2 aromatic rings. The van der Waals surface area contributed by atoms with Crippen LogP contribution in [-0.2, 0) is 13.0 Å². The zero-order valence-corrected chi connectivity index (χ0v) is 11.8. The number of aromatic carboxylic acids is 1. The lowest BCUT2D eigenvalue weighted by atomic mass is 10.1. The predicted octanol–water partition coefficient (Wildman–Crippen LogP) is 2.59. The van der Waals surface area contributed by atoms with Gasteiger partial charge < -0.3 is 10.0 Å². The number of carboxylic acid groups (broad SMARTS) is 1. The number of rotatable bonds is 6. The molecule has 0 aliphatic rings. The second-order valence-corrected chi connectivity index (χ2v) is 4.92. The Bertz CT molecular complexity index is 617. The molecule has 0 bridgehead atoms. The van der Waals surface area contributed by atoms with E-state index < -0.39 is 11.8 Å². The highest BCUT2D eigenvalue weighted by Crippen LogP contribution is 2.13. The number of benzene rings is 1. The molecule has 0 spiro atoms. The van der Waals surface area contributed by atoms with Gasteiger partial charge in [-0.1, -0.05) is 12.1 Å². The van der Waals surface area contributed by atoms with E-state index in [2.05, 4.69) is 4.98 Å². The van der Waals surface area contributed by atoms with Crippen LogP contribution >= 0.6 is 0 Å². The highest BCUT2D eigenvalue weighted by atomic mass is 19.1. The molecule has 1 N–H and O–H groups in total. The fraction of sp³-hybridized carbons (Fsp3) is 0.250. The van der Waals surface area contributed by atoms with E-state index >= 15 is 0 Å². The minimum atomic E-state index is -1.12. The van der Waals surface area contributed by atoms with Gasteiger partial charge in [-0.25, -0.2) is 9.18 Å². The number of likely N-dealkylation sites (N-methyl/N-ethyl adjacent to an activating group) is 1. The number of pyridine rings is 1. The van der Waals surface area contributed by atoms with Crippen LogP contribution in [0.4, 0.5) is 4.39 Å². The molecule has 0 radical (unpaired) electrons. The maximum atomic E-state index is 13.8. The van der Waals surface area contributed by atoms with Crippen LogP contribution in [0.3, 0.4) is 0 Å². The molecular weight excluding hydrogens is 271 g/mol. The minimum absolute atomic E-state index is 0.0348. The monoisotopic (exact) mass is 288 g/mol. The minimum Gasteiger partial charge on any atom is -0.478 e. The van der Waals surface area contributed by atoms with Crippen LogP contribution in [0.15, 0.2) is 42.6 Å². The van der Waals surface area contributed by atoms with Gasteiger partial charge in [-0.05, 0) is 31.3 Å². The first-order chi connectivity index (χ1) is 10.1. The van der Waals surface area contributed by atoms with E-state index in [1.807, 2.05) is 30.1 Å². The zero-order chi connectivity index (χ0) is 15.2. The van der Waals surface area contributed by atoms with Gasteiger partial charge in [0.1, 0.15) is 5.82 Å². The average molecular weight is 288 g/mol. The first-order valence-electron chi connectivity index (χ1n) is 6.66. The first kappa shape index (κ1) is 15.1. The van der Waals surface area contributed by atoms with Crippen molar-refractivity contribution in [2.45, 2.75) is 13.0 Å². The molecule has 110 valence electrons. The second kappa shape index (κ2) is 6.95. The first-order valence-corrected chi connectivity index (χ1v) is 6.66. The summed E-state index contributed by atoms with van der Waals surface area (Å²) in [6.45, 7) is 1.18.